The molecule has 0 N–H and O–H groups in total. The zero-order valence-electron chi connectivity index (χ0n) is 13.1. The van der Waals surface area contributed by atoms with E-state index < -0.39 is 5.97 Å². The van der Waals surface area contributed by atoms with E-state index >= 15 is 0 Å². The van der Waals surface area contributed by atoms with E-state index in [0.29, 0.717) is 20.8 Å². The minimum Gasteiger partial charge on any atom is -0.451 e. The molecule has 4 rings (SSSR count). The van der Waals surface area contributed by atoms with Gasteiger partial charge >= 0.3 is 5.97 Å². The molecule has 0 aliphatic rings. The maximum Gasteiger partial charge on any atom is 0.350 e. The van der Waals surface area contributed by atoms with E-state index in [9.17, 15) is 4.79 Å². The molecule has 5 nitrogen and oxygen atoms in total. The van der Waals surface area contributed by atoms with E-state index in [2.05, 4.69) is 10.2 Å². The van der Waals surface area contributed by atoms with Crippen LogP contribution in [0.3, 0.4) is 0 Å². The first-order chi connectivity index (χ1) is 12.6. The molecule has 2 heterocycles. The summed E-state index contributed by atoms with van der Waals surface area (Å²) in [5.41, 5.74) is 0.729. The monoisotopic (exact) mass is 404 g/mol. The number of ether oxygens (including phenoxy) is 1. The molecule has 4 aromatic rings. The second-order valence-electron chi connectivity index (χ2n) is 5.33. The number of hydrogen-bond donors (Lipinski definition) is 0. The van der Waals surface area contributed by atoms with Gasteiger partial charge in [0.15, 0.2) is 6.61 Å². The predicted molar refractivity (Wildman–Crippen MR) is 101 cm³/mol. The fraction of sp³-hybridized carbons (Fsp3) is 0.0556. The van der Waals surface area contributed by atoms with Crippen LogP contribution in [0.5, 0.6) is 0 Å². The van der Waals surface area contributed by atoms with Crippen LogP contribution in [0.25, 0.3) is 21.5 Å². The predicted octanol–water partition coefficient (Wildman–Crippen LogP) is 5.62. The number of nitrogens with zero attached hydrogens (tertiary/aromatic N) is 2. The van der Waals surface area contributed by atoms with Gasteiger partial charge in [-0.2, -0.15) is 0 Å². The Bertz CT molecular complexity index is 1090. The highest BCUT2D eigenvalue weighted by atomic mass is 35.5. The fourth-order valence-corrected chi connectivity index (χ4v) is 3.89. The van der Waals surface area contributed by atoms with Gasteiger partial charge in [-0.1, -0.05) is 41.4 Å². The number of halogens is 2. The minimum atomic E-state index is -0.526. The van der Waals surface area contributed by atoms with E-state index in [4.69, 9.17) is 32.4 Å². The number of carbonyl (C=O) groups excluding carboxylic acids is 1. The number of aromatic nitrogens is 2. The standard InChI is InChI=1S/C18H10Cl2N2O3S/c19-11-7-5-10(6-8-11)17-22-21-14(25-17)9-24-18(23)16-15(20)12-3-1-2-4-13(12)26-16/h1-8H,9H2. The van der Waals surface area contributed by atoms with Crippen molar-refractivity contribution in [3.05, 3.63) is 69.3 Å². The number of hydrogen-bond acceptors (Lipinski definition) is 6. The molecule has 2 aromatic carbocycles. The highest BCUT2D eigenvalue weighted by molar-refractivity contribution is 7.21. The Morgan fingerprint density at radius 2 is 1.85 bits per heavy atom. The van der Waals surface area contributed by atoms with Gasteiger partial charge in [0.1, 0.15) is 4.88 Å². The van der Waals surface area contributed by atoms with Gasteiger partial charge in [-0.05, 0) is 30.3 Å². The van der Waals surface area contributed by atoms with Gasteiger partial charge in [0, 0.05) is 20.7 Å². The molecule has 26 heavy (non-hydrogen) atoms. The molecule has 0 radical (unpaired) electrons. The van der Waals surface area contributed by atoms with Crippen molar-refractivity contribution in [3.8, 4) is 11.5 Å². The lowest BCUT2D eigenvalue weighted by Gasteiger charge is -2.00. The lowest BCUT2D eigenvalue weighted by Crippen LogP contribution is -2.04. The van der Waals surface area contributed by atoms with Crippen LogP contribution >= 0.6 is 34.5 Å². The zero-order valence-corrected chi connectivity index (χ0v) is 15.4. The second kappa shape index (κ2) is 7.07. The Morgan fingerprint density at radius 1 is 1.08 bits per heavy atom. The van der Waals surface area contributed by atoms with Gasteiger partial charge in [0.2, 0.25) is 5.89 Å². The van der Waals surface area contributed by atoms with E-state index in [1.165, 1.54) is 11.3 Å². The van der Waals surface area contributed by atoms with Gasteiger partial charge in [-0.15, -0.1) is 21.5 Å². The normalized spacial score (nSPS) is 11.0. The van der Waals surface area contributed by atoms with Crippen molar-refractivity contribution in [2.75, 3.05) is 0 Å². The van der Waals surface area contributed by atoms with Gasteiger partial charge in [-0.25, -0.2) is 4.79 Å². The molecule has 0 aliphatic heterocycles. The number of esters is 1. The Hall–Kier alpha value is -2.41. The van der Waals surface area contributed by atoms with Crippen LogP contribution < -0.4 is 0 Å². The molecule has 0 aliphatic carbocycles. The summed E-state index contributed by atoms with van der Waals surface area (Å²) in [6.07, 6.45) is 0. The van der Waals surface area contributed by atoms with Crippen molar-refractivity contribution in [2.24, 2.45) is 0 Å². The average Bonchev–Trinajstić information content (AvgIpc) is 3.26. The number of thiophene rings is 1. The first kappa shape index (κ1) is 17.0. The summed E-state index contributed by atoms with van der Waals surface area (Å²) < 4.78 is 11.7. The molecular formula is C18H10Cl2N2O3S. The SMILES string of the molecule is O=C(OCc1nnc(-c2ccc(Cl)cc2)o1)c1sc2ccccc2c1Cl. The van der Waals surface area contributed by atoms with Crippen molar-refractivity contribution in [1.29, 1.82) is 0 Å². The van der Waals surface area contributed by atoms with Crippen LogP contribution in [0.1, 0.15) is 15.6 Å². The summed E-state index contributed by atoms with van der Waals surface area (Å²) in [5.74, 6) is -0.00409. The molecule has 8 heteroatoms. The van der Waals surface area contributed by atoms with Crippen LogP contribution in [-0.2, 0) is 11.3 Å². The van der Waals surface area contributed by atoms with Gasteiger partial charge < -0.3 is 9.15 Å². The summed E-state index contributed by atoms with van der Waals surface area (Å²) in [6.45, 7) is -0.135. The van der Waals surface area contributed by atoms with Crippen molar-refractivity contribution in [1.82, 2.24) is 10.2 Å². The van der Waals surface area contributed by atoms with Crippen molar-refractivity contribution in [2.45, 2.75) is 6.61 Å². The van der Waals surface area contributed by atoms with Crippen molar-refractivity contribution in [3.63, 3.8) is 0 Å². The summed E-state index contributed by atoms with van der Waals surface area (Å²) in [7, 11) is 0. The van der Waals surface area contributed by atoms with E-state index in [0.717, 1.165) is 15.6 Å². The Kier molecular flexibility index (Phi) is 4.63. The van der Waals surface area contributed by atoms with Crippen molar-refractivity contribution >= 4 is 50.6 Å². The van der Waals surface area contributed by atoms with E-state index in [-0.39, 0.29) is 12.5 Å². The molecule has 0 atom stereocenters. The summed E-state index contributed by atoms with van der Waals surface area (Å²) >= 11 is 13.4. The van der Waals surface area contributed by atoms with Gasteiger partial charge in [-0.3, -0.25) is 0 Å². The molecule has 2 aromatic heterocycles. The number of fused-ring (bicyclic) bond motifs is 1. The van der Waals surface area contributed by atoms with Crippen LogP contribution in [0.2, 0.25) is 10.0 Å². The van der Waals surface area contributed by atoms with Gasteiger partial charge in [0.05, 0.1) is 5.02 Å². The number of rotatable bonds is 4. The summed E-state index contributed by atoms with van der Waals surface area (Å²) in [6, 6.07) is 14.5. The fourth-order valence-electron chi connectivity index (χ4n) is 2.36. The first-order valence-corrected chi connectivity index (χ1v) is 9.11. The largest absolute Gasteiger partial charge is 0.451 e. The van der Waals surface area contributed by atoms with E-state index in [1.807, 2.05) is 24.3 Å². The quantitative estimate of drug-likeness (QED) is 0.413. The Morgan fingerprint density at radius 3 is 2.62 bits per heavy atom. The molecule has 0 amide bonds. The van der Waals surface area contributed by atoms with Crippen LogP contribution in [0.4, 0.5) is 0 Å². The highest BCUT2D eigenvalue weighted by Gasteiger charge is 2.19. The molecule has 130 valence electrons. The molecule has 0 fully saturated rings. The highest BCUT2D eigenvalue weighted by Crippen LogP contribution is 2.35. The third-order valence-electron chi connectivity index (χ3n) is 3.61. The van der Waals surface area contributed by atoms with Crippen LogP contribution in [0.15, 0.2) is 52.9 Å². The Balaban J connectivity index is 1.47. The summed E-state index contributed by atoms with van der Waals surface area (Å²) in [5, 5.41) is 9.67. The maximum absolute atomic E-state index is 12.3. The third kappa shape index (κ3) is 3.31. The maximum atomic E-state index is 12.3. The zero-order chi connectivity index (χ0) is 18.1. The van der Waals surface area contributed by atoms with E-state index in [1.54, 1.807) is 24.3 Å². The third-order valence-corrected chi connectivity index (χ3v) is 5.51. The molecular weight excluding hydrogens is 395 g/mol. The summed E-state index contributed by atoms with van der Waals surface area (Å²) in [4.78, 5) is 12.7. The molecule has 0 unspecified atom stereocenters. The number of benzene rings is 2. The topological polar surface area (TPSA) is 65.2 Å². The molecule has 0 saturated carbocycles. The van der Waals surface area contributed by atoms with Crippen LogP contribution in [0, 0.1) is 0 Å². The molecule has 0 saturated heterocycles. The lowest BCUT2D eigenvalue weighted by molar-refractivity contribution is 0.0445. The second-order valence-corrected chi connectivity index (χ2v) is 7.19. The lowest BCUT2D eigenvalue weighted by atomic mass is 10.2. The van der Waals surface area contributed by atoms with Crippen molar-refractivity contribution < 1.29 is 13.9 Å². The molecule has 0 bridgehead atoms. The Labute approximate surface area is 162 Å². The molecule has 0 spiro atoms. The minimum absolute atomic E-state index is 0.135. The van der Waals surface area contributed by atoms with Crippen LogP contribution in [-0.4, -0.2) is 16.2 Å². The van der Waals surface area contributed by atoms with Gasteiger partial charge in [0.25, 0.3) is 5.89 Å². The average molecular weight is 405 g/mol. The number of carbonyl (C=O) groups is 1. The first-order valence-electron chi connectivity index (χ1n) is 7.54. The smallest absolute Gasteiger partial charge is 0.350 e.